The van der Waals surface area contributed by atoms with E-state index in [4.69, 9.17) is 51.3 Å². The molecule has 0 saturated heterocycles. The third-order valence-corrected chi connectivity index (χ3v) is 7.71. The van der Waals surface area contributed by atoms with Gasteiger partial charge in [0.25, 0.3) is 0 Å². The molecule has 0 aliphatic carbocycles. The number of hydrogen-bond acceptors (Lipinski definition) is 8. The van der Waals surface area contributed by atoms with Crippen LogP contribution < -0.4 is 0 Å². The Morgan fingerprint density at radius 1 is 0.800 bits per heavy atom. The Bertz CT molecular complexity index is 327. The van der Waals surface area contributed by atoms with Crippen molar-refractivity contribution in [3.63, 3.8) is 0 Å². The first-order valence-corrected chi connectivity index (χ1v) is 11.3. The first-order chi connectivity index (χ1) is 9.36. The maximum atomic E-state index is 7.32. The van der Waals surface area contributed by atoms with Crippen LogP contribution in [0.2, 0.25) is 0 Å². The summed E-state index contributed by atoms with van der Waals surface area (Å²) in [6, 6.07) is 1.75. The molecule has 20 heavy (non-hydrogen) atoms. The standard InChI is InChI=1S/C8H20O5P2S2.C2H3N/c1-5-9-14(16,10-6-2)13-15(17,11-7-3)12-8-4;1-2-3/h5-8H2,1-4H3;1H3. The molecule has 0 aliphatic rings. The molecular weight excluding hydrogens is 340 g/mol. The first kappa shape index (κ1) is 22.9. The minimum atomic E-state index is -2.87. The fourth-order valence-corrected chi connectivity index (χ4v) is 7.30. The van der Waals surface area contributed by atoms with E-state index >= 15 is 0 Å². The average Bonchev–Trinajstić information content (AvgIpc) is 2.30. The van der Waals surface area contributed by atoms with Gasteiger partial charge in [0.05, 0.1) is 32.5 Å². The van der Waals surface area contributed by atoms with Gasteiger partial charge in [0.15, 0.2) is 0 Å². The molecule has 0 aromatic heterocycles. The molecule has 0 bridgehead atoms. The van der Waals surface area contributed by atoms with Crippen molar-refractivity contribution in [3.8, 4) is 6.07 Å². The van der Waals surface area contributed by atoms with Crippen LogP contribution in [-0.4, -0.2) is 26.4 Å². The highest BCUT2D eigenvalue weighted by Gasteiger charge is 2.31. The minimum Gasteiger partial charge on any atom is -0.309 e. The Hall–Kier alpha value is 0.590. The van der Waals surface area contributed by atoms with Gasteiger partial charge in [-0.2, -0.15) is 5.26 Å². The largest absolute Gasteiger partial charge is 0.334 e. The normalized spacial score (nSPS) is 11.4. The highest BCUT2D eigenvalue weighted by molar-refractivity contribution is 8.14. The van der Waals surface area contributed by atoms with Gasteiger partial charge in [-0.3, -0.25) is 0 Å². The maximum absolute atomic E-state index is 7.32. The van der Waals surface area contributed by atoms with Crippen molar-refractivity contribution in [1.29, 1.82) is 5.26 Å². The molecule has 0 amide bonds. The fraction of sp³-hybridized carbons (Fsp3) is 0.900. The summed E-state index contributed by atoms with van der Waals surface area (Å²) in [4.78, 5) is 0. The van der Waals surface area contributed by atoms with Crippen molar-refractivity contribution in [2.75, 3.05) is 26.4 Å². The average molecular weight is 363 g/mol. The molecule has 0 unspecified atom stereocenters. The Balaban J connectivity index is 0. The lowest BCUT2D eigenvalue weighted by atomic mass is 10.9. The van der Waals surface area contributed by atoms with Gasteiger partial charge in [0.2, 0.25) is 0 Å². The Labute approximate surface area is 132 Å². The number of rotatable bonds is 10. The summed E-state index contributed by atoms with van der Waals surface area (Å²) in [6.07, 6.45) is 0. The van der Waals surface area contributed by atoms with Crippen LogP contribution in [-0.2, 0) is 46.0 Å². The molecule has 0 saturated carbocycles. The van der Waals surface area contributed by atoms with E-state index in [0.717, 1.165) is 0 Å². The lowest BCUT2D eigenvalue weighted by Crippen LogP contribution is -2.03. The molecule has 0 N–H and O–H groups in total. The van der Waals surface area contributed by atoms with E-state index in [-0.39, 0.29) is 0 Å². The van der Waals surface area contributed by atoms with Crippen LogP contribution in [0.3, 0.4) is 0 Å². The van der Waals surface area contributed by atoms with Gasteiger partial charge >= 0.3 is 13.4 Å². The van der Waals surface area contributed by atoms with Gasteiger partial charge in [-0.25, -0.2) is 4.31 Å². The van der Waals surface area contributed by atoms with E-state index in [1.54, 1.807) is 6.07 Å². The maximum Gasteiger partial charge on any atom is 0.334 e. The van der Waals surface area contributed by atoms with E-state index < -0.39 is 13.4 Å². The third kappa shape index (κ3) is 11.3. The molecule has 0 fully saturated rings. The Morgan fingerprint density at radius 3 is 1.15 bits per heavy atom. The SMILES string of the molecule is CC#N.CCOP(=S)(OCC)OP(=S)(OCC)OCC. The van der Waals surface area contributed by atoms with Gasteiger partial charge in [-0.15, -0.1) is 0 Å². The van der Waals surface area contributed by atoms with Crippen molar-refractivity contribution < 1.29 is 22.4 Å². The minimum absolute atomic E-state index is 0.394. The van der Waals surface area contributed by atoms with Crippen molar-refractivity contribution in [1.82, 2.24) is 0 Å². The topological polar surface area (TPSA) is 69.9 Å². The van der Waals surface area contributed by atoms with Crippen LogP contribution in [0.15, 0.2) is 0 Å². The number of nitriles is 1. The van der Waals surface area contributed by atoms with Gasteiger partial charge in [0, 0.05) is 6.92 Å². The molecule has 0 heterocycles. The van der Waals surface area contributed by atoms with Crippen molar-refractivity contribution in [2.24, 2.45) is 0 Å². The molecule has 0 aliphatic heterocycles. The summed E-state index contributed by atoms with van der Waals surface area (Å²) in [5.74, 6) is 0. The molecule has 0 aromatic carbocycles. The Kier molecular flexibility index (Phi) is 15.2. The van der Waals surface area contributed by atoms with Crippen LogP contribution in [0, 0.1) is 11.3 Å². The van der Waals surface area contributed by atoms with Crippen LogP contribution in [0.5, 0.6) is 0 Å². The van der Waals surface area contributed by atoms with Gasteiger partial charge in [-0.05, 0) is 51.3 Å². The molecule has 0 aromatic rings. The first-order valence-electron chi connectivity index (χ1n) is 6.17. The summed E-state index contributed by atoms with van der Waals surface area (Å²) < 4.78 is 26.9. The van der Waals surface area contributed by atoms with Crippen molar-refractivity contribution >= 4 is 37.1 Å². The van der Waals surface area contributed by atoms with Gasteiger partial charge in [0.1, 0.15) is 0 Å². The highest BCUT2D eigenvalue weighted by atomic mass is 32.5. The molecule has 6 nitrogen and oxygen atoms in total. The lowest BCUT2D eigenvalue weighted by Gasteiger charge is -2.27. The van der Waals surface area contributed by atoms with Gasteiger partial charge < -0.3 is 18.1 Å². The fourth-order valence-electron chi connectivity index (χ4n) is 0.924. The zero-order valence-electron chi connectivity index (χ0n) is 12.5. The summed E-state index contributed by atoms with van der Waals surface area (Å²) in [5, 5.41) is 7.32. The molecule has 10 heteroatoms. The van der Waals surface area contributed by atoms with E-state index in [2.05, 4.69) is 0 Å². The molecular formula is C10H23NO5P2S2. The second-order valence-electron chi connectivity index (χ2n) is 2.87. The van der Waals surface area contributed by atoms with E-state index in [9.17, 15) is 0 Å². The van der Waals surface area contributed by atoms with E-state index in [0.29, 0.717) is 26.4 Å². The monoisotopic (exact) mass is 363 g/mol. The third-order valence-electron chi connectivity index (χ3n) is 1.35. The summed E-state index contributed by atoms with van der Waals surface area (Å²) in [6.45, 7) is 4.52. The summed E-state index contributed by atoms with van der Waals surface area (Å²) in [5.41, 5.74) is 0. The zero-order chi connectivity index (χ0) is 16.1. The molecule has 0 radical (unpaired) electrons. The smallest absolute Gasteiger partial charge is 0.309 e. The van der Waals surface area contributed by atoms with Crippen LogP contribution in [0.1, 0.15) is 34.6 Å². The highest BCUT2D eigenvalue weighted by Crippen LogP contribution is 2.66. The second-order valence-corrected chi connectivity index (χ2v) is 9.03. The summed E-state index contributed by atoms with van der Waals surface area (Å²) in [7, 11) is 0. The van der Waals surface area contributed by atoms with Crippen LogP contribution >= 0.6 is 13.4 Å². The predicted octanol–water partition coefficient (Wildman–Crippen LogP) is 4.13. The zero-order valence-corrected chi connectivity index (χ0v) is 15.9. The quantitative estimate of drug-likeness (QED) is 0.537. The second kappa shape index (κ2) is 13.3. The number of nitrogens with zero attached hydrogens (tertiary/aromatic N) is 1. The van der Waals surface area contributed by atoms with Crippen LogP contribution in [0.25, 0.3) is 0 Å². The van der Waals surface area contributed by atoms with Crippen molar-refractivity contribution in [3.05, 3.63) is 0 Å². The summed E-state index contributed by atoms with van der Waals surface area (Å²) >= 11 is 10.4. The van der Waals surface area contributed by atoms with Crippen molar-refractivity contribution in [2.45, 2.75) is 34.6 Å². The Morgan fingerprint density at radius 2 is 1.00 bits per heavy atom. The van der Waals surface area contributed by atoms with Crippen LogP contribution in [0.4, 0.5) is 0 Å². The molecule has 0 rings (SSSR count). The lowest BCUT2D eigenvalue weighted by molar-refractivity contribution is 0.176. The molecule has 0 spiro atoms. The predicted molar refractivity (Wildman–Crippen MR) is 87.4 cm³/mol. The van der Waals surface area contributed by atoms with E-state index in [1.165, 1.54) is 6.92 Å². The van der Waals surface area contributed by atoms with E-state index in [1.807, 2.05) is 27.7 Å². The number of hydrogen-bond donors (Lipinski definition) is 0. The molecule has 0 atom stereocenters. The van der Waals surface area contributed by atoms with Gasteiger partial charge in [-0.1, -0.05) is 0 Å². The molecule has 120 valence electrons.